The molecule has 5 heterocycles. The number of anilines is 1. The number of aromatic amines is 1. The first-order valence-corrected chi connectivity index (χ1v) is 35.6. The monoisotopic (exact) mass is 1240 g/mol. The van der Waals surface area contributed by atoms with Gasteiger partial charge in [0.25, 0.3) is 11.5 Å². The van der Waals surface area contributed by atoms with Gasteiger partial charge < -0.3 is 50.4 Å². The van der Waals surface area contributed by atoms with Gasteiger partial charge in [0.15, 0.2) is 0 Å². The van der Waals surface area contributed by atoms with E-state index in [0.29, 0.717) is 113 Å². The first-order chi connectivity index (χ1) is 42.3. The Morgan fingerprint density at radius 2 is 1.36 bits per heavy atom. The Bertz CT molecular complexity index is 2460. The molecule has 3 aliphatic carbocycles. The predicted octanol–water partition coefficient (Wildman–Crippen LogP) is 11.7. The van der Waals surface area contributed by atoms with E-state index in [2.05, 4.69) is 130 Å². The summed E-state index contributed by atoms with van der Waals surface area (Å²) < 4.78 is 24.7. The molecule has 0 radical (unpaired) electrons. The number of H-pyrrole nitrogens is 1. The topological polar surface area (TPSA) is 164 Å². The van der Waals surface area contributed by atoms with Gasteiger partial charge in [0.1, 0.15) is 12.3 Å². The lowest BCUT2D eigenvalue weighted by molar-refractivity contribution is -0.139. The average molecular weight is 1240 g/mol. The number of hydrogen-bond donors (Lipinski definition) is 5. The van der Waals surface area contributed by atoms with E-state index in [-0.39, 0.29) is 34.6 Å². The predicted molar refractivity (Wildman–Crippen MR) is 364 cm³/mol. The number of fused-ring (bicyclic) bond motifs is 1. The third kappa shape index (κ3) is 22.7. The highest BCUT2D eigenvalue weighted by Gasteiger charge is 2.42. The SMILES string of the molecule is C=C1CC2=C(C=C1CC1CCC(C)CC1)N(C(C)CC)CC2(C)C.CCC(=O)N1CC(C)(C)c2[nH]c(=O)c(CC3CCC(F)CC3)cc21.CC[C@@H](C)NCC(C)CN1CCC[C@H](C(=O)NCCOCCNC(=O)[C@@H]2CN(CC(C)CN[C@H](C)CC)CCO2)C1. The normalized spacial score (nSPS) is 26.1. The van der Waals surface area contributed by atoms with E-state index in [1.54, 1.807) is 21.7 Å². The van der Waals surface area contributed by atoms with Gasteiger partial charge in [-0.05, 0) is 189 Å². The molecule has 0 spiro atoms. The molecule has 1 aromatic rings. The van der Waals surface area contributed by atoms with Crippen LogP contribution in [-0.2, 0) is 35.7 Å². The zero-order valence-electron chi connectivity index (χ0n) is 58.5. The third-order valence-electron chi connectivity index (χ3n) is 20.8. The Hall–Kier alpha value is -3.93. The zero-order valence-corrected chi connectivity index (χ0v) is 58.5. The standard InChI is InChI=1S/C31H62N6O4.C23H37N.C19H27FN2O2/c1-7-26(5)34-18-24(3)20-36-13-9-10-28(22-36)30(38)32-11-15-40-16-12-33-31(39)29-23-37(14-17-41-29)21-25(4)19-35-27(6)8-2;1-7-18(4)24-15-23(5,6)21-12-17(3)20(14-22(21)24)13-19-10-8-16(2)9-11-19;1-4-16(23)22-11-19(2,3)17-15(22)10-13(18(24)21-17)9-12-5-7-14(20)8-6-12/h24-29,34-35H,7-23H2,1-6H3,(H,32,38)(H,33,39);14,16,18-19H,3,7-13,15H2,1-2,4-6H3;10,12,14H,4-9,11H2,1-3H3,(H,21,24)/t24?,25?,26-,27-,28+,29+;;/m1../s1. The van der Waals surface area contributed by atoms with Gasteiger partial charge in [0.2, 0.25) is 11.8 Å². The number of likely N-dealkylation sites (tertiary alicyclic amines) is 1. The summed E-state index contributed by atoms with van der Waals surface area (Å²) in [5, 5.41) is 13.1. The maximum atomic E-state index is 13.3. The second-order valence-electron chi connectivity index (χ2n) is 29.9. The van der Waals surface area contributed by atoms with E-state index in [1.807, 2.05) is 26.8 Å². The molecule has 7 atom stereocenters. The molecule has 1 aromatic heterocycles. The van der Waals surface area contributed by atoms with Crippen LogP contribution in [0, 0.1) is 40.9 Å². The Labute approximate surface area is 539 Å². The molecule has 3 unspecified atom stereocenters. The number of piperidine rings is 1. The molecule has 4 fully saturated rings. The van der Waals surface area contributed by atoms with Crippen LogP contribution in [0.15, 0.2) is 45.9 Å². The Morgan fingerprint density at radius 3 is 1.97 bits per heavy atom. The molecule has 2 saturated heterocycles. The molecule has 0 bridgehead atoms. The Balaban J connectivity index is 0.000000225. The van der Waals surface area contributed by atoms with Crippen LogP contribution in [0.1, 0.15) is 211 Å². The number of nitrogens with one attached hydrogen (secondary N) is 5. The molecule has 7 aliphatic rings. The number of morpholine rings is 1. The highest BCUT2D eigenvalue weighted by molar-refractivity contribution is 5.95. The van der Waals surface area contributed by atoms with Crippen molar-refractivity contribution in [2.24, 2.45) is 40.9 Å². The van der Waals surface area contributed by atoms with E-state index < -0.39 is 12.3 Å². The number of aromatic nitrogens is 1. The number of ether oxygens (including phenoxy) is 2. The fourth-order valence-electron chi connectivity index (χ4n) is 14.4. The molecular weight excluding hydrogens is 1120 g/mol. The number of carbonyl (C=O) groups excluding carboxylic acids is 3. The minimum absolute atomic E-state index is 0.0481. The number of carbonyl (C=O) groups is 3. The smallest absolute Gasteiger partial charge is 0.251 e. The van der Waals surface area contributed by atoms with Crippen LogP contribution in [0.4, 0.5) is 10.1 Å². The van der Waals surface area contributed by atoms with Crippen LogP contribution >= 0.6 is 0 Å². The van der Waals surface area contributed by atoms with Crippen LogP contribution in [0.3, 0.4) is 0 Å². The summed E-state index contributed by atoms with van der Waals surface area (Å²) in [4.78, 5) is 62.4. The third-order valence-corrected chi connectivity index (χ3v) is 20.8. The quantitative estimate of drug-likeness (QED) is 0.0533. The number of alkyl halides is 1. The molecule has 16 heteroatoms. The van der Waals surface area contributed by atoms with Crippen molar-refractivity contribution >= 4 is 23.4 Å². The Morgan fingerprint density at radius 1 is 0.764 bits per heavy atom. The van der Waals surface area contributed by atoms with Gasteiger partial charge in [0.05, 0.1) is 31.4 Å². The molecule has 2 saturated carbocycles. The fraction of sp³-hybridized carbons (Fsp3) is 0.808. The van der Waals surface area contributed by atoms with Crippen LogP contribution < -0.4 is 31.7 Å². The second kappa shape index (κ2) is 35.9. The summed E-state index contributed by atoms with van der Waals surface area (Å²) in [5.41, 5.74) is 8.54. The van der Waals surface area contributed by atoms with Crippen molar-refractivity contribution in [1.82, 2.24) is 41.0 Å². The maximum Gasteiger partial charge on any atom is 0.251 e. The summed E-state index contributed by atoms with van der Waals surface area (Å²) >= 11 is 0. The van der Waals surface area contributed by atoms with Gasteiger partial charge in [-0.25, -0.2) is 4.39 Å². The number of hydrogen-bond acceptors (Lipinski definition) is 11. The summed E-state index contributed by atoms with van der Waals surface area (Å²) in [6.07, 6.45) is 18.9. The lowest BCUT2D eigenvalue weighted by atomic mass is 9.75. The van der Waals surface area contributed by atoms with E-state index in [0.717, 1.165) is 120 Å². The highest BCUT2D eigenvalue weighted by Crippen LogP contribution is 2.49. The highest BCUT2D eigenvalue weighted by atomic mass is 19.1. The molecule has 5 N–H and O–H groups in total. The van der Waals surface area contributed by atoms with Crippen molar-refractivity contribution < 1.29 is 28.2 Å². The molecule has 3 amide bonds. The lowest BCUT2D eigenvalue weighted by Gasteiger charge is -2.34. The summed E-state index contributed by atoms with van der Waals surface area (Å²) in [6, 6.07) is 3.62. The zero-order chi connectivity index (χ0) is 65.0. The minimum Gasteiger partial charge on any atom is -0.378 e. The van der Waals surface area contributed by atoms with Crippen molar-refractivity contribution in [2.75, 3.05) is 103 Å². The van der Waals surface area contributed by atoms with Crippen LogP contribution in [0.5, 0.6) is 0 Å². The van der Waals surface area contributed by atoms with Crippen molar-refractivity contribution in [3.8, 4) is 0 Å². The summed E-state index contributed by atoms with van der Waals surface area (Å²) in [7, 11) is 0. The second-order valence-corrected chi connectivity index (χ2v) is 29.9. The van der Waals surface area contributed by atoms with Crippen LogP contribution in [0.25, 0.3) is 0 Å². The lowest BCUT2D eigenvalue weighted by Crippen LogP contribution is -2.51. The number of amides is 3. The van der Waals surface area contributed by atoms with E-state index in [9.17, 15) is 23.6 Å². The number of allylic oxidation sites excluding steroid dienone is 3. The van der Waals surface area contributed by atoms with Crippen molar-refractivity contribution in [1.29, 1.82) is 0 Å². The van der Waals surface area contributed by atoms with Gasteiger partial charge >= 0.3 is 0 Å². The first-order valence-electron chi connectivity index (χ1n) is 35.6. The van der Waals surface area contributed by atoms with Gasteiger partial charge in [-0.3, -0.25) is 24.1 Å². The summed E-state index contributed by atoms with van der Waals surface area (Å²) in [5.74, 6) is 3.44. The van der Waals surface area contributed by atoms with Crippen LogP contribution in [-0.4, -0.2) is 166 Å². The number of nitrogens with zero attached hydrogens (tertiary/aromatic N) is 4. The molecule has 0 aromatic carbocycles. The van der Waals surface area contributed by atoms with Gasteiger partial charge in [0, 0.05) is 111 Å². The van der Waals surface area contributed by atoms with E-state index in [4.69, 9.17) is 9.47 Å². The van der Waals surface area contributed by atoms with Gasteiger partial charge in [-0.15, -0.1) is 0 Å². The first kappa shape index (κ1) is 74.1. The largest absolute Gasteiger partial charge is 0.378 e. The van der Waals surface area contributed by atoms with E-state index in [1.165, 1.54) is 50.6 Å². The van der Waals surface area contributed by atoms with Crippen molar-refractivity contribution in [3.05, 3.63) is 62.7 Å². The Kier molecular flexibility index (Phi) is 29.9. The number of halogens is 1. The number of pyridine rings is 1. The molecule has 89 heavy (non-hydrogen) atoms. The number of rotatable bonds is 27. The van der Waals surface area contributed by atoms with Gasteiger partial charge in [-0.2, -0.15) is 0 Å². The van der Waals surface area contributed by atoms with E-state index >= 15 is 0 Å². The molecule has 506 valence electrons. The van der Waals surface area contributed by atoms with Crippen LogP contribution in [0.2, 0.25) is 0 Å². The minimum atomic E-state index is -0.682. The van der Waals surface area contributed by atoms with Crippen molar-refractivity contribution in [3.63, 3.8) is 0 Å². The average Bonchev–Trinajstić information content (AvgIpc) is 1.64. The van der Waals surface area contributed by atoms with Crippen molar-refractivity contribution in [2.45, 2.75) is 242 Å². The molecule has 4 aliphatic heterocycles. The maximum absolute atomic E-state index is 13.3. The molecule has 8 rings (SSSR count). The summed E-state index contributed by atoms with van der Waals surface area (Å²) in [6.45, 7) is 47.2. The fourth-order valence-corrected chi connectivity index (χ4v) is 14.4. The molecular formula is C73H126FN9O6. The van der Waals surface area contributed by atoms with Gasteiger partial charge in [-0.1, -0.05) is 95.6 Å². The molecule has 15 nitrogen and oxygen atoms in total.